The van der Waals surface area contributed by atoms with Crippen LogP contribution in [0.4, 0.5) is 5.69 Å². The molecule has 1 amide bonds. The molecule has 3 aromatic rings. The molecule has 7 heteroatoms. The molecule has 22 heavy (non-hydrogen) atoms. The molecule has 0 spiro atoms. The van der Waals surface area contributed by atoms with Crippen LogP contribution < -0.4 is 10.9 Å². The summed E-state index contributed by atoms with van der Waals surface area (Å²) in [5.74, 6) is -0.467. The van der Waals surface area contributed by atoms with E-state index in [4.69, 9.17) is 0 Å². The van der Waals surface area contributed by atoms with Crippen LogP contribution in [0.3, 0.4) is 0 Å². The highest BCUT2D eigenvalue weighted by Crippen LogP contribution is 2.08. The lowest BCUT2D eigenvalue weighted by Gasteiger charge is -2.02. The summed E-state index contributed by atoms with van der Waals surface area (Å²) in [4.78, 5) is 30.0. The van der Waals surface area contributed by atoms with Crippen molar-refractivity contribution in [2.75, 3.05) is 5.32 Å². The summed E-state index contributed by atoms with van der Waals surface area (Å²) in [6.45, 7) is 0.574. The van der Waals surface area contributed by atoms with E-state index in [0.29, 0.717) is 12.2 Å². The highest BCUT2D eigenvalue weighted by Gasteiger charge is 2.10. The Balaban J connectivity index is 1.71. The van der Waals surface area contributed by atoms with Gasteiger partial charge in [0.15, 0.2) is 0 Å². The number of carbonyl (C=O) groups excluding carboxylic acids is 1. The van der Waals surface area contributed by atoms with Gasteiger partial charge in [-0.15, -0.1) is 0 Å². The van der Waals surface area contributed by atoms with E-state index in [1.807, 2.05) is 12.1 Å². The fourth-order valence-corrected chi connectivity index (χ4v) is 1.99. The molecule has 7 nitrogen and oxygen atoms in total. The van der Waals surface area contributed by atoms with Crippen molar-refractivity contribution in [3.8, 4) is 0 Å². The Labute approximate surface area is 125 Å². The van der Waals surface area contributed by atoms with Crippen molar-refractivity contribution in [2.24, 2.45) is 0 Å². The number of aromatic nitrogens is 4. The lowest BCUT2D eigenvalue weighted by Crippen LogP contribution is -2.22. The van der Waals surface area contributed by atoms with Crippen LogP contribution in [0.15, 0.2) is 60.0 Å². The minimum atomic E-state index is -0.467. The molecule has 0 aromatic carbocycles. The Hall–Kier alpha value is -3.22. The lowest BCUT2D eigenvalue weighted by molar-refractivity contribution is 0.102. The number of aromatic amines is 1. The maximum atomic E-state index is 12.0. The number of amides is 1. The third-order valence-corrected chi connectivity index (χ3v) is 3.05. The maximum absolute atomic E-state index is 12.0. The molecule has 110 valence electrons. The Morgan fingerprint density at radius 1 is 1.27 bits per heavy atom. The van der Waals surface area contributed by atoms with Crippen molar-refractivity contribution in [1.82, 2.24) is 19.7 Å². The second-order valence-electron chi connectivity index (χ2n) is 4.65. The smallest absolute Gasteiger partial charge is 0.261 e. The third-order valence-electron chi connectivity index (χ3n) is 3.05. The van der Waals surface area contributed by atoms with E-state index in [-0.39, 0.29) is 5.56 Å². The van der Waals surface area contributed by atoms with Gasteiger partial charge in [-0.25, -0.2) is 0 Å². The number of nitrogens with one attached hydrogen (secondary N) is 2. The molecule has 0 aliphatic rings. The molecule has 0 saturated heterocycles. The first-order valence-electron chi connectivity index (χ1n) is 6.63. The first kappa shape index (κ1) is 13.7. The summed E-state index contributed by atoms with van der Waals surface area (Å²) in [5, 5.41) is 6.83. The van der Waals surface area contributed by atoms with E-state index in [2.05, 4.69) is 20.4 Å². The largest absolute Gasteiger partial charge is 0.328 e. The monoisotopic (exact) mass is 295 g/mol. The molecule has 0 fully saturated rings. The van der Waals surface area contributed by atoms with Crippen LogP contribution in [0.5, 0.6) is 0 Å². The summed E-state index contributed by atoms with van der Waals surface area (Å²) in [6.07, 6.45) is 8.14. The Kier molecular flexibility index (Phi) is 3.78. The van der Waals surface area contributed by atoms with Gasteiger partial charge in [-0.1, -0.05) is 0 Å². The maximum Gasteiger partial charge on any atom is 0.261 e. The van der Waals surface area contributed by atoms with Gasteiger partial charge in [0, 0.05) is 24.8 Å². The molecule has 0 aliphatic heterocycles. The minimum absolute atomic E-state index is 0.0596. The number of H-pyrrole nitrogens is 1. The van der Waals surface area contributed by atoms with Gasteiger partial charge in [0.1, 0.15) is 5.56 Å². The van der Waals surface area contributed by atoms with Crippen molar-refractivity contribution in [3.63, 3.8) is 0 Å². The highest BCUT2D eigenvalue weighted by atomic mass is 16.2. The van der Waals surface area contributed by atoms with Crippen molar-refractivity contribution in [2.45, 2.75) is 6.54 Å². The van der Waals surface area contributed by atoms with E-state index >= 15 is 0 Å². The number of pyridine rings is 2. The van der Waals surface area contributed by atoms with Crippen LogP contribution in [-0.2, 0) is 6.54 Å². The molecule has 3 aromatic heterocycles. The van der Waals surface area contributed by atoms with Crippen LogP contribution in [0.25, 0.3) is 0 Å². The molecule has 0 radical (unpaired) electrons. The average molecular weight is 295 g/mol. The predicted octanol–water partition coefficient (Wildman–Crippen LogP) is 1.27. The van der Waals surface area contributed by atoms with Gasteiger partial charge in [-0.2, -0.15) is 5.10 Å². The topological polar surface area (TPSA) is 92.7 Å². The van der Waals surface area contributed by atoms with E-state index in [0.717, 1.165) is 5.56 Å². The van der Waals surface area contributed by atoms with E-state index in [1.165, 1.54) is 18.5 Å². The minimum Gasteiger partial charge on any atom is -0.328 e. The molecule has 0 bridgehead atoms. The number of carbonyl (C=O) groups is 1. The molecule has 0 unspecified atom stereocenters. The van der Waals surface area contributed by atoms with Crippen LogP contribution in [-0.4, -0.2) is 25.7 Å². The van der Waals surface area contributed by atoms with Crippen molar-refractivity contribution in [3.05, 3.63) is 76.7 Å². The van der Waals surface area contributed by atoms with Crippen molar-refractivity contribution in [1.29, 1.82) is 0 Å². The summed E-state index contributed by atoms with van der Waals surface area (Å²) in [6, 6.07) is 6.85. The molecule has 2 N–H and O–H groups in total. The zero-order chi connectivity index (χ0) is 15.4. The first-order chi connectivity index (χ1) is 10.7. The third kappa shape index (κ3) is 3.09. The van der Waals surface area contributed by atoms with Gasteiger partial charge in [0.2, 0.25) is 0 Å². The molecule has 0 aliphatic carbocycles. The lowest BCUT2D eigenvalue weighted by atomic mass is 10.2. The molecule has 3 heterocycles. The SMILES string of the molecule is O=C(Nc1cnn(Cc2ccncc2)c1)c1ccc[nH]c1=O. The molecule has 0 atom stereocenters. The fourth-order valence-electron chi connectivity index (χ4n) is 1.99. The standard InChI is InChI=1S/C15H13N5O2/c21-14-13(2-1-5-17-14)15(22)19-12-8-18-20(10-12)9-11-3-6-16-7-4-11/h1-8,10H,9H2,(H,17,21)(H,19,22). The second-order valence-corrected chi connectivity index (χ2v) is 4.65. The number of nitrogens with zero attached hydrogens (tertiary/aromatic N) is 3. The molecule has 3 rings (SSSR count). The number of rotatable bonds is 4. The summed E-state index contributed by atoms with van der Waals surface area (Å²) < 4.78 is 1.69. The van der Waals surface area contributed by atoms with Crippen LogP contribution in [0.1, 0.15) is 15.9 Å². The van der Waals surface area contributed by atoms with E-state index < -0.39 is 11.5 Å². The van der Waals surface area contributed by atoms with E-state index in [1.54, 1.807) is 29.3 Å². The van der Waals surface area contributed by atoms with Gasteiger partial charge in [-0.3, -0.25) is 19.3 Å². The molecular formula is C15H13N5O2. The van der Waals surface area contributed by atoms with Gasteiger partial charge in [0.25, 0.3) is 11.5 Å². The zero-order valence-corrected chi connectivity index (χ0v) is 11.6. The predicted molar refractivity (Wildman–Crippen MR) is 80.6 cm³/mol. The highest BCUT2D eigenvalue weighted by molar-refractivity contribution is 6.03. The Morgan fingerprint density at radius 3 is 2.86 bits per heavy atom. The number of anilines is 1. The molecule has 0 saturated carbocycles. The number of hydrogen-bond acceptors (Lipinski definition) is 4. The van der Waals surface area contributed by atoms with Crippen LogP contribution in [0.2, 0.25) is 0 Å². The number of hydrogen-bond donors (Lipinski definition) is 2. The van der Waals surface area contributed by atoms with Gasteiger partial charge < -0.3 is 10.3 Å². The second kappa shape index (κ2) is 6.04. The molecular weight excluding hydrogens is 282 g/mol. The quantitative estimate of drug-likeness (QED) is 0.758. The fraction of sp³-hybridized carbons (Fsp3) is 0.0667. The summed E-state index contributed by atoms with van der Waals surface area (Å²) >= 11 is 0. The van der Waals surface area contributed by atoms with Crippen molar-refractivity contribution >= 4 is 11.6 Å². The van der Waals surface area contributed by atoms with Gasteiger partial charge >= 0.3 is 0 Å². The Bertz CT molecular complexity index is 838. The summed E-state index contributed by atoms with van der Waals surface area (Å²) in [5.41, 5.74) is 1.21. The van der Waals surface area contributed by atoms with Crippen LogP contribution in [0, 0.1) is 0 Å². The normalized spacial score (nSPS) is 10.4. The Morgan fingerprint density at radius 2 is 2.09 bits per heavy atom. The van der Waals surface area contributed by atoms with Gasteiger partial charge in [-0.05, 0) is 29.8 Å². The van der Waals surface area contributed by atoms with Crippen molar-refractivity contribution < 1.29 is 4.79 Å². The average Bonchev–Trinajstić information content (AvgIpc) is 2.95. The first-order valence-corrected chi connectivity index (χ1v) is 6.63. The summed E-state index contributed by atoms with van der Waals surface area (Å²) in [7, 11) is 0. The van der Waals surface area contributed by atoms with Gasteiger partial charge in [0.05, 0.1) is 18.4 Å². The zero-order valence-electron chi connectivity index (χ0n) is 11.6. The van der Waals surface area contributed by atoms with Crippen LogP contribution >= 0.6 is 0 Å². The van der Waals surface area contributed by atoms with E-state index in [9.17, 15) is 9.59 Å².